The van der Waals surface area contributed by atoms with Gasteiger partial charge in [-0.3, -0.25) is 0 Å². The summed E-state index contributed by atoms with van der Waals surface area (Å²) in [7, 11) is 0. The van der Waals surface area contributed by atoms with E-state index in [9.17, 15) is 0 Å². The Bertz CT molecular complexity index is 588. The minimum atomic E-state index is 0.701. The number of hydrogen-bond donors (Lipinski definition) is 1. The van der Waals surface area contributed by atoms with Crippen LogP contribution < -0.4 is 5.32 Å². The van der Waals surface area contributed by atoms with Gasteiger partial charge in [-0.25, -0.2) is 4.52 Å². The minimum absolute atomic E-state index is 0.701. The molecule has 1 aliphatic rings. The Labute approximate surface area is 114 Å². The number of rotatable bonds is 4. The molecule has 2 aromatic rings. The molecule has 0 atom stereocenters. The van der Waals surface area contributed by atoms with E-state index in [1.807, 2.05) is 18.3 Å². The number of nitrogens with one attached hydrogen (secondary N) is 1. The number of anilines is 1. The molecule has 0 fully saturated rings. The number of allylic oxidation sites excluding steroid dienone is 1. The molecule has 18 heavy (non-hydrogen) atoms. The summed E-state index contributed by atoms with van der Waals surface area (Å²) in [5.74, 6) is 0.701. The fraction of sp³-hybridized carbons (Fsp3) is 0.385. The smallest absolute Gasteiger partial charge is 0.243 e. The molecular weight excluding hydrogens is 292 g/mol. The molecule has 2 heterocycles. The van der Waals surface area contributed by atoms with Crippen molar-refractivity contribution in [2.45, 2.75) is 25.7 Å². The molecule has 2 aromatic heterocycles. The standard InChI is InChI=1S/C13H15BrN4/c14-11-5-6-12-16-13(17-18(12)9-11)15-8-7-10-3-1-2-4-10/h3,5-6,9H,1-2,4,7-8H2,(H,15,17). The molecule has 0 aromatic carbocycles. The summed E-state index contributed by atoms with van der Waals surface area (Å²) in [6.07, 6.45) is 9.18. The highest BCUT2D eigenvalue weighted by atomic mass is 79.9. The normalized spacial score (nSPS) is 15.1. The van der Waals surface area contributed by atoms with E-state index in [1.54, 1.807) is 10.1 Å². The van der Waals surface area contributed by atoms with Crippen LogP contribution in [0, 0.1) is 0 Å². The van der Waals surface area contributed by atoms with Gasteiger partial charge in [0.25, 0.3) is 0 Å². The molecular formula is C13H15BrN4. The second-order valence-electron chi connectivity index (χ2n) is 4.52. The van der Waals surface area contributed by atoms with Crippen molar-refractivity contribution in [2.24, 2.45) is 0 Å². The maximum atomic E-state index is 4.42. The third kappa shape index (κ3) is 2.56. The van der Waals surface area contributed by atoms with Crippen molar-refractivity contribution in [2.75, 3.05) is 11.9 Å². The zero-order valence-electron chi connectivity index (χ0n) is 10.1. The first-order valence-electron chi connectivity index (χ1n) is 6.25. The van der Waals surface area contributed by atoms with Crippen LogP contribution in [0.3, 0.4) is 0 Å². The summed E-state index contributed by atoms with van der Waals surface area (Å²) < 4.78 is 2.78. The van der Waals surface area contributed by atoms with Gasteiger partial charge in [0.2, 0.25) is 5.95 Å². The van der Waals surface area contributed by atoms with Crippen LogP contribution in [0.5, 0.6) is 0 Å². The van der Waals surface area contributed by atoms with Crippen LogP contribution in [0.25, 0.3) is 5.65 Å². The fourth-order valence-corrected chi connectivity index (χ4v) is 2.56. The van der Waals surface area contributed by atoms with Gasteiger partial charge in [0.1, 0.15) is 0 Å². The Morgan fingerprint density at radius 3 is 3.17 bits per heavy atom. The lowest BCUT2D eigenvalue weighted by atomic mass is 10.2. The lowest BCUT2D eigenvalue weighted by Crippen LogP contribution is -2.03. The van der Waals surface area contributed by atoms with Crippen molar-refractivity contribution in [1.29, 1.82) is 0 Å². The van der Waals surface area contributed by atoms with Gasteiger partial charge >= 0.3 is 0 Å². The zero-order chi connectivity index (χ0) is 12.4. The lowest BCUT2D eigenvalue weighted by Gasteiger charge is -2.02. The number of hydrogen-bond acceptors (Lipinski definition) is 3. The van der Waals surface area contributed by atoms with Crippen molar-refractivity contribution in [3.63, 3.8) is 0 Å². The van der Waals surface area contributed by atoms with Gasteiger partial charge in [-0.15, -0.1) is 5.10 Å². The Morgan fingerprint density at radius 1 is 1.39 bits per heavy atom. The topological polar surface area (TPSA) is 42.2 Å². The molecule has 0 radical (unpaired) electrons. The number of halogens is 1. The number of pyridine rings is 1. The summed E-state index contributed by atoms with van der Waals surface area (Å²) in [5, 5.41) is 7.66. The van der Waals surface area contributed by atoms with Gasteiger partial charge in [0, 0.05) is 17.2 Å². The van der Waals surface area contributed by atoms with E-state index in [1.165, 1.54) is 19.3 Å². The average molecular weight is 307 g/mol. The highest BCUT2D eigenvalue weighted by Gasteiger charge is 2.06. The van der Waals surface area contributed by atoms with Crippen molar-refractivity contribution >= 4 is 27.5 Å². The molecule has 3 rings (SSSR count). The summed E-state index contributed by atoms with van der Waals surface area (Å²) >= 11 is 3.42. The van der Waals surface area contributed by atoms with Gasteiger partial charge in [-0.2, -0.15) is 4.98 Å². The largest absolute Gasteiger partial charge is 0.353 e. The van der Waals surface area contributed by atoms with E-state index >= 15 is 0 Å². The van der Waals surface area contributed by atoms with Gasteiger partial charge in [-0.05, 0) is 53.7 Å². The lowest BCUT2D eigenvalue weighted by molar-refractivity contribution is 0.857. The van der Waals surface area contributed by atoms with E-state index in [2.05, 4.69) is 37.4 Å². The average Bonchev–Trinajstić information content (AvgIpc) is 2.97. The van der Waals surface area contributed by atoms with Crippen molar-refractivity contribution < 1.29 is 0 Å². The van der Waals surface area contributed by atoms with E-state index in [-0.39, 0.29) is 0 Å². The summed E-state index contributed by atoms with van der Waals surface area (Å²) in [5.41, 5.74) is 2.43. The van der Waals surface area contributed by atoms with Gasteiger partial charge in [-0.1, -0.05) is 11.6 Å². The maximum absolute atomic E-state index is 4.42. The van der Waals surface area contributed by atoms with Crippen molar-refractivity contribution in [3.8, 4) is 0 Å². The summed E-state index contributed by atoms with van der Waals surface area (Å²) in [4.78, 5) is 4.42. The highest BCUT2D eigenvalue weighted by molar-refractivity contribution is 9.10. The second-order valence-corrected chi connectivity index (χ2v) is 5.43. The third-order valence-corrected chi connectivity index (χ3v) is 3.63. The minimum Gasteiger partial charge on any atom is -0.353 e. The molecule has 1 N–H and O–H groups in total. The van der Waals surface area contributed by atoms with E-state index < -0.39 is 0 Å². The first-order chi connectivity index (χ1) is 8.81. The molecule has 0 unspecified atom stereocenters. The molecule has 0 aliphatic heterocycles. The van der Waals surface area contributed by atoms with Gasteiger partial charge in [0.15, 0.2) is 5.65 Å². The van der Waals surface area contributed by atoms with Crippen LogP contribution in [-0.2, 0) is 0 Å². The van der Waals surface area contributed by atoms with E-state index in [0.29, 0.717) is 5.95 Å². The molecule has 4 nitrogen and oxygen atoms in total. The van der Waals surface area contributed by atoms with Crippen LogP contribution >= 0.6 is 15.9 Å². The van der Waals surface area contributed by atoms with Crippen molar-refractivity contribution in [3.05, 3.63) is 34.5 Å². The quantitative estimate of drug-likeness (QED) is 0.880. The molecule has 94 valence electrons. The van der Waals surface area contributed by atoms with E-state index in [0.717, 1.165) is 23.1 Å². The van der Waals surface area contributed by atoms with Crippen LogP contribution in [0.15, 0.2) is 34.5 Å². The predicted octanol–water partition coefficient (Wildman–Crippen LogP) is 3.40. The molecule has 0 saturated heterocycles. The van der Waals surface area contributed by atoms with Crippen molar-refractivity contribution in [1.82, 2.24) is 14.6 Å². The highest BCUT2D eigenvalue weighted by Crippen LogP contribution is 2.20. The molecule has 0 bridgehead atoms. The fourth-order valence-electron chi connectivity index (χ4n) is 2.23. The number of nitrogens with zero attached hydrogens (tertiary/aromatic N) is 3. The summed E-state index contributed by atoms with van der Waals surface area (Å²) in [6.45, 7) is 0.907. The Hall–Kier alpha value is -1.36. The van der Waals surface area contributed by atoms with Crippen LogP contribution in [0.1, 0.15) is 25.7 Å². The van der Waals surface area contributed by atoms with Gasteiger partial charge < -0.3 is 5.32 Å². The van der Waals surface area contributed by atoms with Crippen LogP contribution in [0.2, 0.25) is 0 Å². The molecule has 0 spiro atoms. The first-order valence-corrected chi connectivity index (χ1v) is 7.04. The molecule has 0 saturated carbocycles. The van der Waals surface area contributed by atoms with Gasteiger partial charge in [0.05, 0.1) is 0 Å². The summed E-state index contributed by atoms with van der Waals surface area (Å²) in [6, 6.07) is 3.92. The van der Waals surface area contributed by atoms with Crippen LogP contribution in [0.4, 0.5) is 5.95 Å². The second kappa shape index (κ2) is 5.10. The molecule has 5 heteroatoms. The molecule has 0 amide bonds. The number of aromatic nitrogens is 3. The predicted molar refractivity (Wildman–Crippen MR) is 75.7 cm³/mol. The zero-order valence-corrected chi connectivity index (χ0v) is 11.7. The Kier molecular flexibility index (Phi) is 3.32. The Balaban J connectivity index is 1.63. The Morgan fingerprint density at radius 2 is 2.33 bits per heavy atom. The first kappa shape index (κ1) is 11.7. The monoisotopic (exact) mass is 306 g/mol. The SMILES string of the molecule is Brc1ccc2nc(NCCC3=CCCC3)nn2c1. The van der Waals surface area contributed by atoms with E-state index in [4.69, 9.17) is 0 Å². The number of fused-ring (bicyclic) bond motifs is 1. The van der Waals surface area contributed by atoms with Crippen LogP contribution in [-0.4, -0.2) is 21.1 Å². The molecule has 1 aliphatic carbocycles. The third-order valence-electron chi connectivity index (χ3n) is 3.16. The maximum Gasteiger partial charge on any atom is 0.243 e.